The fraction of sp³-hybridized carbons (Fsp3) is 0.308. The Kier molecular flexibility index (Phi) is 7.14. The minimum absolute atomic E-state index is 0.00992. The fourth-order valence-corrected chi connectivity index (χ4v) is 4.29. The standard InChI is InChI=1S/C26H27N3O6/c1-17(25(32)34-2)29(23-14-27-21-11-7-6-10-20(21)23)24(31)22-13-12-19(30)15-28(22)26(33)35-16-18-8-4-3-5-9-18/h3-11,14,17,22,27H,12-13,15-16H2,1-2H3/t17?,22-/m0/s1. The third-order valence-electron chi connectivity index (χ3n) is 6.14. The summed E-state index contributed by atoms with van der Waals surface area (Å²) < 4.78 is 10.3. The maximum atomic E-state index is 13.9. The average Bonchev–Trinajstić information content (AvgIpc) is 3.31. The summed E-state index contributed by atoms with van der Waals surface area (Å²) in [7, 11) is 1.25. The number of piperidine rings is 1. The first kappa shape index (κ1) is 24.0. The lowest BCUT2D eigenvalue weighted by Crippen LogP contribution is -2.58. The number of nitrogens with one attached hydrogen (secondary N) is 1. The highest BCUT2D eigenvalue weighted by Gasteiger charge is 2.42. The molecule has 1 fully saturated rings. The molecule has 4 rings (SSSR count). The number of fused-ring (bicyclic) bond motifs is 1. The Hall–Kier alpha value is -4.14. The van der Waals surface area contributed by atoms with Gasteiger partial charge in [0.05, 0.1) is 19.3 Å². The van der Waals surface area contributed by atoms with E-state index in [-0.39, 0.29) is 31.8 Å². The van der Waals surface area contributed by atoms with Gasteiger partial charge in [-0.3, -0.25) is 19.4 Å². The van der Waals surface area contributed by atoms with Gasteiger partial charge in [-0.2, -0.15) is 0 Å². The van der Waals surface area contributed by atoms with Crippen LogP contribution < -0.4 is 4.90 Å². The molecule has 0 radical (unpaired) electrons. The Morgan fingerprint density at radius 1 is 1.11 bits per heavy atom. The number of ether oxygens (including phenoxy) is 2. The number of carbonyl (C=O) groups excluding carboxylic acids is 4. The number of benzene rings is 2. The lowest BCUT2D eigenvalue weighted by atomic mass is 9.99. The van der Waals surface area contributed by atoms with E-state index in [0.717, 1.165) is 21.4 Å². The number of esters is 1. The predicted octanol–water partition coefficient (Wildman–Crippen LogP) is 3.43. The summed E-state index contributed by atoms with van der Waals surface area (Å²) in [4.78, 5) is 57.3. The van der Waals surface area contributed by atoms with Gasteiger partial charge in [0.15, 0.2) is 5.78 Å². The molecule has 9 nitrogen and oxygen atoms in total. The first-order valence-corrected chi connectivity index (χ1v) is 11.4. The van der Waals surface area contributed by atoms with E-state index in [1.807, 2.05) is 54.6 Å². The number of rotatable bonds is 6. The molecule has 1 N–H and O–H groups in total. The molecule has 1 unspecified atom stereocenters. The monoisotopic (exact) mass is 477 g/mol. The number of aromatic amines is 1. The van der Waals surface area contributed by atoms with E-state index in [0.29, 0.717) is 5.69 Å². The molecule has 0 saturated carbocycles. The Morgan fingerprint density at radius 2 is 1.83 bits per heavy atom. The summed E-state index contributed by atoms with van der Waals surface area (Å²) in [6.07, 6.45) is 1.16. The number of nitrogens with zero attached hydrogens (tertiary/aromatic N) is 2. The van der Waals surface area contributed by atoms with Gasteiger partial charge in [-0.1, -0.05) is 48.5 Å². The largest absolute Gasteiger partial charge is 0.467 e. The maximum Gasteiger partial charge on any atom is 0.411 e. The molecule has 2 amide bonds. The summed E-state index contributed by atoms with van der Waals surface area (Å²) in [5.74, 6) is -1.25. The van der Waals surface area contributed by atoms with Crippen LogP contribution in [0.1, 0.15) is 25.3 Å². The number of carbonyl (C=O) groups is 4. The van der Waals surface area contributed by atoms with Crippen LogP contribution in [-0.2, 0) is 30.5 Å². The summed E-state index contributed by atoms with van der Waals surface area (Å²) in [5, 5.41) is 0.738. The Balaban J connectivity index is 1.64. The summed E-state index contributed by atoms with van der Waals surface area (Å²) in [6.45, 7) is 1.34. The third kappa shape index (κ3) is 5.03. The van der Waals surface area contributed by atoms with Crippen molar-refractivity contribution in [3.05, 3.63) is 66.4 Å². The van der Waals surface area contributed by atoms with Gasteiger partial charge in [0.25, 0.3) is 5.91 Å². The number of aromatic nitrogens is 1. The van der Waals surface area contributed by atoms with Crippen molar-refractivity contribution >= 4 is 40.3 Å². The molecule has 1 aliphatic heterocycles. The van der Waals surface area contributed by atoms with E-state index in [9.17, 15) is 19.2 Å². The SMILES string of the molecule is COC(=O)C(C)N(C(=O)[C@@H]1CCC(=O)CN1C(=O)OCc1ccccc1)c1c[nH]c2ccccc12. The van der Waals surface area contributed by atoms with Crippen LogP contribution in [0.5, 0.6) is 0 Å². The molecule has 2 aromatic carbocycles. The Labute approximate surface area is 202 Å². The molecule has 3 aromatic rings. The molecule has 35 heavy (non-hydrogen) atoms. The molecule has 2 atom stereocenters. The molecular weight excluding hydrogens is 450 g/mol. The van der Waals surface area contributed by atoms with Crippen LogP contribution in [0.15, 0.2) is 60.8 Å². The molecular formula is C26H27N3O6. The molecule has 182 valence electrons. The summed E-state index contributed by atoms with van der Waals surface area (Å²) in [6, 6.07) is 14.6. The Bertz CT molecular complexity index is 1240. The first-order valence-electron chi connectivity index (χ1n) is 11.4. The normalized spacial score (nSPS) is 16.6. The van der Waals surface area contributed by atoms with Crippen molar-refractivity contribution in [1.29, 1.82) is 0 Å². The molecule has 1 aromatic heterocycles. The number of ketones is 1. The second-order valence-corrected chi connectivity index (χ2v) is 8.39. The van der Waals surface area contributed by atoms with Gasteiger partial charge in [0.1, 0.15) is 18.7 Å². The van der Waals surface area contributed by atoms with Crippen molar-refractivity contribution in [2.75, 3.05) is 18.6 Å². The van der Waals surface area contributed by atoms with E-state index in [1.165, 1.54) is 12.0 Å². The number of para-hydroxylation sites is 1. The number of methoxy groups -OCH3 is 1. The zero-order valence-corrected chi connectivity index (χ0v) is 19.6. The van der Waals surface area contributed by atoms with Crippen molar-refractivity contribution < 1.29 is 28.7 Å². The molecule has 0 aliphatic carbocycles. The number of likely N-dealkylation sites (tertiary alicyclic amines) is 1. The van der Waals surface area contributed by atoms with Crippen LogP contribution in [-0.4, -0.2) is 59.4 Å². The number of hydrogen-bond donors (Lipinski definition) is 1. The highest BCUT2D eigenvalue weighted by molar-refractivity contribution is 6.09. The van der Waals surface area contributed by atoms with Crippen LogP contribution in [0.25, 0.3) is 10.9 Å². The summed E-state index contributed by atoms with van der Waals surface area (Å²) >= 11 is 0. The molecule has 0 bridgehead atoms. The predicted molar refractivity (Wildman–Crippen MR) is 129 cm³/mol. The van der Waals surface area contributed by atoms with Gasteiger partial charge in [0, 0.05) is 23.5 Å². The second kappa shape index (κ2) is 10.4. The average molecular weight is 478 g/mol. The molecule has 9 heteroatoms. The van der Waals surface area contributed by atoms with Crippen LogP contribution in [0.3, 0.4) is 0 Å². The van der Waals surface area contributed by atoms with Crippen LogP contribution in [0.4, 0.5) is 10.5 Å². The smallest absolute Gasteiger partial charge is 0.411 e. The quantitative estimate of drug-likeness (QED) is 0.545. The van der Waals surface area contributed by atoms with Gasteiger partial charge < -0.3 is 14.5 Å². The summed E-state index contributed by atoms with van der Waals surface area (Å²) in [5.41, 5.74) is 2.06. The molecule has 1 saturated heterocycles. The number of H-pyrrole nitrogens is 1. The van der Waals surface area contributed by atoms with Gasteiger partial charge in [-0.25, -0.2) is 9.59 Å². The van der Waals surface area contributed by atoms with E-state index in [2.05, 4.69) is 4.98 Å². The number of anilines is 1. The molecule has 0 spiro atoms. The third-order valence-corrected chi connectivity index (χ3v) is 6.14. The minimum atomic E-state index is -0.975. The molecule has 2 heterocycles. The van der Waals surface area contributed by atoms with Crippen LogP contribution in [0.2, 0.25) is 0 Å². The molecule has 1 aliphatic rings. The van der Waals surface area contributed by atoms with Gasteiger partial charge in [-0.05, 0) is 25.0 Å². The minimum Gasteiger partial charge on any atom is -0.467 e. The highest BCUT2D eigenvalue weighted by atomic mass is 16.6. The van der Waals surface area contributed by atoms with E-state index >= 15 is 0 Å². The van der Waals surface area contributed by atoms with Gasteiger partial charge >= 0.3 is 12.1 Å². The van der Waals surface area contributed by atoms with Crippen molar-refractivity contribution in [3.63, 3.8) is 0 Å². The topological polar surface area (TPSA) is 109 Å². The van der Waals surface area contributed by atoms with Crippen molar-refractivity contribution in [1.82, 2.24) is 9.88 Å². The van der Waals surface area contributed by atoms with Crippen molar-refractivity contribution in [2.45, 2.75) is 38.5 Å². The van der Waals surface area contributed by atoms with Gasteiger partial charge in [-0.15, -0.1) is 0 Å². The number of Topliss-reactive ketones (excluding diaryl/α,β-unsaturated/α-hetero) is 1. The number of hydrogen-bond acceptors (Lipinski definition) is 6. The van der Waals surface area contributed by atoms with Crippen molar-refractivity contribution in [3.8, 4) is 0 Å². The van der Waals surface area contributed by atoms with Crippen LogP contribution >= 0.6 is 0 Å². The zero-order chi connectivity index (χ0) is 24.9. The second-order valence-electron chi connectivity index (χ2n) is 8.39. The van der Waals surface area contributed by atoms with E-state index in [1.54, 1.807) is 13.1 Å². The van der Waals surface area contributed by atoms with Crippen LogP contribution in [0, 0.1) is 0 Å². The Morgan fingerprint density at radius 3 is 2.57 bits per heavy atom. The zero-order valence-electron chi connectivity index (χ0n) is 19.6. The maximum absolute atomic E-state index is 13.9. The number of amides is 2. The lowest BCUT2D eigenvalue weighted by Gasteiger charge is -2.37. The first-order chi connectivity index (χ1) is 16.9. The van der Waals surface area contributed by atoms with E-state index in [4.69, 9.17) is 9.47 Å². The lowest BCUT2D eigenvalue weighted by molar-refractivity contribution is -0.143. The van der Waals surface area contributed by atoms with E-state index < -0.39 is 30.1 Å². The fourth-order valence-electron chi connectivity index (χ4n) is 4.29. The highest BCUT2D eigenvalue weighted by Crippen LogP contribution is 2.31. The van der Waals surface area contributed by atoms with Crippen molar-refractivity contribution in [2.24, 2.45) is 0 Å². The van der Waals surface area contributed by atoms with Gasteiger partial charge in [0.2, 0.25) is 0 Å².